The van der Waals surface area contributed by atoms with Gasteiger partial charge < -0.3 is 0 Å². The molecule has 0 saturated carbocycles. The first-order valence-corrected chi connectivity index (χ1v) is 8.90. The highest BCUT2D eigenvalue weighted by atomic mass is 19.4. The van der Waals surface area contributed by atoms with E-state index in [9.17, 15) is 13.2 Å². The predicted octanol–water partition coefficient (Wildman–Crippen LogP) is 7.23. The molecule has 5 aromatic rings. The molecule has 0 bridgehead atoms. The van der Waals surface area contributed by atoms with Crippen LogP contribution in [0.15, 0.2) is 84.9 Å². The topological polar surface area (TPSA) is 12.9 Å². The van der Waals surface area contributed by atoms with Crippen molar-refractivity contribution in [3.8, 4) is 11.3 Å². The van der Waals surface area contributed by atoms with E-state index >= 15 is 0 Å². The normalized spacial score (nSPS) is 12.1. The number of alkyl halides is 3. The Bertz CT molecular complexity index is 1320. The van der Waals surface area contributed by atoms with Crippen molar-refractivity contribution < 1.29 is 13.2 Å². The predicted molar refractivity (Wildman–Crippen MR) is 107 cm³/mol. The third kappa shape index (κ3) is 2.61. The van der Waals surface area contributed by atoms with E-state index in [2.05, 4.69) is 12.1 Å². The maximum absolute atomic E-state index is 12.9. The molecule has 0 spiro atoms. The third-order valence-electron chi connectivity index (χ3n) is 5.08. The molecule has 1 heterocycles. The number of fused-ring (bicyclic) bond motifs is 5. The van der Waals surface area contributed by atoms with Crippen LogP contribution >= 0.6 is 0 Å². The van der Waals surface area contributed by atoms with Gasteiger partial charge in [-0.15, -0.1) is 0 Å². The SMILES string of the molecule is FC(F)(F)c1ccc(-c2nc3ccccc3c3c2ccc2ccccc23)cc1. The number of halogens is 3. The van der Waals surface area contributed by atoms with Crippen LogP contribution in [0.2, 0.25) is 0 Å². The van der Waals surface area contributed by atoms with Gasteiger partial charge in [-0.05, 0) is 29.0 Å². The van der Waals surface area contributed by atoms with Gasteiger partial charge in [-0.25, -0.2) is 4.98 Å². The second-order valence-corrected chi connectivity index (χ2v) is 6.76. The van der Waals surface area contributed by atoms with Crippen molar-refractivity contribution in [3.63, 3.8) is 0 Å². The Morgan fingerprint density at radius 3 is 2.04 bits per heavy atom. The van der Waals surface area contributed by atoms with Crippen LogP contribution in [0.25, 0.3) is 43.7 Å². The van der Waals surface area contributed by atoms with Gasteiger partial charge in [0.2, 0.25) is 0 Å². The molecule has 0 amide bonds. The molecule has 136 valence electrons. The fraction of sp³-hybridized carbons (Fsp3) is 0.0417. The first-order valence-electron chi connectivity index (χ1n) is 8.90. The number of para-hydroxylation sites is 1. The first kappa shape index (κ1) is 16.8. The lowest BCUT2D eigenvalue weighted by atomic mass is 9.95. The molecule has 0 radical (unpaired) electrons. The maximum Gasteiger partial charge on any atom is 0.416 e. The maximum atomic E-state index is 12.9. The molecule has 0 N–H and O–H groups in total. The van der Waals surface area contributed by atoms with Gasteiger partial charge in [-0.1, -0.05) is 66.7 Å². The van der Waals surface area contributed by atoms with E-state index in [-0.39, 0.29) is 0 Å². The lowest BCUT2D eigenvalue weighted by Gasteiger charge is -2.13. The molecule has 0 aliphatic carbocycles. The minimum absolute atomic E-state index is 0.660. The van der Waals surface area contributed by atoms with Gasteiger partial charge in [-0.2, -0.15) is 13.2 Å². The lowest BCUT2D eigenvalue weighted by molar-refractivity contribution is -0.137. The molecule has 0 aliphatic rings. The molecule has 0 unspecified atom stereocenters. The Kier molecular flexibility index (Phi) is 3.63. The molecule has 4 aromatic carbocycles. The average Bonchev–Trinajstić information content (AvgIpc) is 2.72. The Morgan fingerprint density at radius 2 is 1.29 bits per heavy atom. The molecule has 0 fully saturated rings. The summed E-state index contributed by atoms with van der Waals surface area (Å²) in [6.45, 7) is 0. The molecule has 4 heteroatoms. The zero-order valence-electron chi connectivity index (χ0n) is 14.7. The summed E-state index contributed by atoms with van der Waals surface area (Å²) in [6.07, 6.45) is -4.35. The largest absolute Gasteiger partial charge is 0.416 e. The Hall–Kier alpha value is -3.40. The highest BCUT2D eigenvalue weighted by molar-refractivity contribution is 6.22. The molecule has 0 saturated heterocycles. The lowest BCUT2D eigenvalue weighted by Crippen LogP contribution is -2.04. The van der Waals surface area contributed by atoms with E-state index in [0.29, 0.717) is 11.3 Å². The molecule has 1 aromatic heterocycles. The van der Waals surface area contributed by atoms with Gasteiger partial charge in [0, 0.05) is 21.7 Å². The number of hydrogen-bond donors (Lipinski definition) is 0. The summed E-state index contributed by atoms with van der Waals surface area (Å²) >= 11 is 0. The van der Waals surface area contributed by atoms with Gasteiger partial charge in [0.05, 0.1) is 16.8 Å². The smallest absolute Gasteiger partial charge is 0.247 e. The number of nitrogens with zero attached hydrogens (tertiary/aromatic N) is 1. The number of rotatable bonds is 1. The minimum atomic E-state index is -4.35. The van der Waals surface area contributed by atoms with Crippen molar-refractivity contribution in [1.82, 2.24) is 4.98 Å². The van der Waals surface area contributed by atoms with Crippen LogP contribution in [0.1, 0.15) is 5.56 Å². The van der Waals surface area contributed by atoms with E-state index in [1.54, 1.807) is 0 Å². The summed E-state index contributed by atoms with van der Waals surface area (Å²) in [6, 6.07) is 25.2. The van der Waals surface area contributed by atoms with E-state index in [1.165, 1.54) is 12.1 Å². The summed E-state index contributed by atoms with van der Waals surface area (Å²) in [5.41, 5.74) is 1.51. The van der Waals surface area contributed by atoms with Crippen molar-refractivity contribution in [2.45, 2.75) is 6.18 Å². The fourth-order valence-corrected chi connectivity index (χ4v) is 3.76. The first-order chi connectivity index (χ1) is 13.5. The summed E-state index contributed by atoms with van der Waals surface area (Å²) in [5.74, 6) is 0. The van der Waals surface area contributed by atoms with E-state index in [1.807, 2.05) is 48.5 Å². The van der Waals surface area contributed by atoms with Crippen molar-refractivity contribution >= 4 is 32.4 Å². The van der Waals surface area contributed by atoms with Gasteiger partial charge in [-0.3, -0.25) is 0 Å². The summed E-state index contributed by atoms with van der Waals surface area (Å²) < 4.78 is 38.8. The second-order valence-electron chi connectivity index (χ2n) is 6.76. The average molecular weight is 373 g/mol. The van der Waals surface area contributed by atoms with E-state index < -0.39 is 11.7 Å². The standard InChI is InChI=1S/C24H14F3N/c25-24(26,27)17-12-9-16(10-13-17)23-20-14-11-15-5-1-2-6-18(15)22(20)19-7-3-4-8-21(19)28-23/h1-14H. The Morgan fingerprint density at radius 1 is 0.607 bits per heavy atom. The monoisotopic (exact) mass is 373 g/mol. The second kappa shape index (κ2) is 6.06. The molecule has 0 atom stereocenters. The van der Waals surface area contributed by atoms with Crippen molar-refractivity contribution in [1.29, 1.82) is 0 Å². The molecule has 1 nitrogen and oxygen atoms in total. The summed E-state index contributed by atoms with van der Waals surface area (Å²) in [7, 11) is 0. The van der Waals surface area contributed by atoms with Crippen LogP contribution in [0.4, 0.5) is 13.2 Å². The van der Waals surface area contributed by atoms with E-state index in [4.69, 9.17) is 4.98 Å². The molecular formula is C24H14F3N. The number of aromatic nitrogens is 1. The highest BCUT2D eigenvalue weighted by Gasteiger charge is 2.30. The fourth-order valence-electron chi connectivity index (χ4n) is 3.76. The molecule has 28 heavy (non-hydrogen) atoms. The minimum Gasteiger partial charge on any atom is -0.247 e. The van der Waals surface area contributed by atoms with Crippen molar-refractivity contribution in [3.05, 3.63) is 90.5 Å². The zero-order valence-corrected chi connectivity index (χ0v) is 14.7. The molecule has 5 rings (SSSR count). The zero-order chi connectivity index (χ0) is 19.3. The van der Waals surface area contributed by atoms with Gasteiger partial charge in [0.25, 0.3) is 0 Å². The Balaban J connectivity index is 1.87. The highest BCUT2D eigenvalue weighted by Crippen LogP contribution is 2.37. The van der Waals surface area contributed by atoms with Crippen LogP contribution in [0.5, 0.6) is 0 Å². The van der Waals surface area contributed by atoms with Gasteiger partial charge in [0.15, 0.2) is 0 Å². The molecule has 0 aliphatic heterocycles. The van der Waals surface area contributed by atoms with Crippen LogP contribution in [-0.2, 0) is 6.18 Å². The van der Waals surface area contributed by atoms with Crippen LogP contribution in [-0.4, -0.2) is 4.98 Å². The number of benzene rings is 4. The third-order valence-corrected chi connectivity index (χ3v) is 5.08. The van der Waals surface area contributed by atoms with Crippen molar-refractivity contribution in [2.24, 2.45) is 0 Å². The van der Waals surface area contributed by atoms with Gasteiger partial charge in [0.1, 0.15) is 0 Å². The quantitative estimate of drug-likeness (QED) is 0.283. The number of hydrogen-bond acceptors (Lipinski definition) is 1. The Labute approximate surface area is 159 Å². The summed E-state index contributed by atoms with van der Waals surface area (Å²) in [4.78, 5) is 4.79. The number of pyridine rings is 1. The van der Waals surface area contributed by atoms with Crippen LogP contribution < -0.4 is 0 Å². The summed E-state index contributed by atoms with van der Waals surface area (Å²) in [5, 5.41) is 5.25. The van der Waals surface area contributed by atoms with Crippen LogP contribution in [0, 0.1) is 0 Å². The van der Waals surface area contributed by atoms with E-state index in [0.717, 1.165) is 44.6 Å². The molecular weight excluding hydrogens is 359 g/mol. The van der Waals surface area contributed by atoms with Crippen LogP contribution in [0.3, 0.4) is 0 Å². The van der Waals surface area contributed by atoms with Crippen molar-refractivity contribution in [2.75, 3.05) is 0 Å². The van der Waals surface area contributed by atoms with Gasteiger partial charge >= 0.3 is 6.18 Å².